The van der Waals surface area contributed by atoms with Crippen LogP contribution in [0.15, 0.2) is 23.0 Å². The lowest BCUT2D eigenvalue weighted by atomic mass is 10.1. The van der Waals surface area contributed by atoms with Gasteiger partial charge in [-0.15, -0.1) is 0 Å². The Hall–Kier alpha value is -1.38. The quantitative estimate of drug-likeness (QED) is 0.434. The first-order valence-corrected chi connectivity index (χ1v) is 9.92. The molecule has 2 rings (SSSR count). The second-order valence-corrected chi connectivity index (χ2v) is 7.09. The molecule has 1 heterocycles. The van der Waals surface area contributed by atoms with Crippen LogP contribution in [0.1, 0.15) is 49.4 Å². The van der Waals surface area contributed by atoms with E-state index >= 15 is 0 Å². The van der Waals surface area contributed by atoms with Crippen LogP contribution in [0.3, 0.4) is 0 Å². The van der Waals surface area contributed by atoms with Crippen LogP contribution in [0, 0.1) is 17.4 Å². The van der Waals surface area contributed by atoms with Crippen molar-refractivity contribution in [1.29, 1.82) is 0 Å². The van der Waals surface area contributed by atoms with Gasteiger partial charge in [-0.25, -0.2) is 0 Å². The van der Waals surface area contributed by atoms with Crippen LogP contribution in [0.2, 0.25) is 0 Å². The highest BCUT2D eigenvalue weighted by atomic mass is 127. The van der Waals surface area contributed by atoms with E-state index in [0.717, 1.165) is 22.4 Å². The van der Waals surface area contributed by atoms with Crippen LogP contribution in [-0.2, 0) is 15.9 Å². The van der Waals surface area contributed by atoms with E-state index < -0.39 is 6.29 Å². The summed E-state index contributed by atoms with van der Waals surface area (Å²) in [7, 11) is 0. The zero-order valence-electron chi connectivity index (χ0n) is 15.9. The average Bonchev–Trinajstić information content (AvgIpc) is 2.57. The fourth-order valence-electron chi connectivity index (χ4n) is 2.90. The standard InChI is InChI=1S/C20H26INO4/c1-6-15-17(20(24-7-2)25-8-3)22-19(23)16(21)18(15)26-14-10-12(4)9-13(5)11-14/h9-11,20H,6-8H2,1-5H3,(H,22,23). The van der Waals surface area contributed by atoms with Crippen molar-refractivity contribution in [2.45, 2.75) is 47.3 Å². The van der Waals surface area contributed by atoms with Crippen LogP contribution in [0.5, 0.6) is 11.5 Å². The van der Waals surface area contributed by atoms with Crippen molar-refractivity contribution in [3.63, 3.8) is 0 Å². The number of aromatic amines is 1. The minimum atomic E-state index is -0.619. The van der Waals surface area contributed by atoms with Gasteiger partial charge in [-0.1, -0.05) is 13.0 Å². The molecule has 0 aliphatic heterocycles. The molecule has 0 radical (unpaired) electrons. The summed E-state index contributed by atoms with van der Waals surface area (Å²) in [6.07, 6.45) is 0.0602. The molecule has 5 nitrogen and oxygen atoms in total. The Morgan fingerprint density at radius 1 is 1.04 bits per heavy atom. The normalized spacial score (nSPS) is 11.2. The van der Waals surface area contributed by atoms with E-state index in [4.69, 9.17) is 14.2 Å². The molecule has 1 aromatic carbocycles. The van der Waals surface area contributed by atoms with Gasteiger partial charge in [-0.3, -0.25) is 4.79 Å². The number of nitrogens with one attached hydrogen (secondary N) is 1. The molecule has 26 heavy (non-hydrogen) atoms. The summed E-state index contributed by atoms with van der Waals surface area (Å²) in [6, 6.07) is 6.01. The third-order valence-corrected chi connectivity index (χ3v) is 4.87. The van der Waals surface area contributed by atoms with E-state index in [2.05, 4.69) is 11.1 Å². The summed E-state index contributed by atoms with van der Waals surface area (Å²) < 4.78 is 18.1. The van der Waals surface area contributed by atoms with Gasteiger partial charge in [0.15, 0.2) is 12.0 Å². The molecule has 2 aromatic rings. The number of ether oxygens (including phenoxy) is 3. The summed E-state index contributed by atoms with van der Waals surface area (Å²) >= 11 is 2.03. The molecular formula is C20H26INO4. The lowest BCUT2D eigenvalue weighted by Gasteiger charge is -2.22. The van der Waals surface area contributed by atoms with Gasteiger partial charge in [0.2, 0.25) is 0 Å². The van der Waals surface area contributed by atoms with Crippen molar-refractivity contribution >= 4 is 22.6 Å². The largest absolute Gasteiger partial charge is 0.456 e. The molecule has 6 heteroatoms. The molecule has 0 bridgehead atoms. The number of rotatable bonds is 8. The number of aromatic nitrogens is 1. The average molecular weight is 471 g/mol. The number of pyridine rings is 1. The molecule has 0 aliphatic rings. The molecule has 0 amide bonds. The summed E-state index contributed by atoms with van der Waals surface area (Å²) in [4.78, 5) is 15.4. The number of H-pyrrole nitrogens is 1. The smallest absolute Gasteiger partial charge is 0.265 e. The topological polar surface area (TPSA) is 60.5 Å². The molecule has 0 fully saturated rings. The lowest BCUT2D eigenvalue weighted by Crippen LogP contribution is -2.22. The molecule has 1 aromatic heterocycles. The Kier molecular flexibility index (Phi) is 7.67. The fraction of sp³-hybridized carbons (Fsp3) is 0.450. The van der Waals surface area contributed by atoms with Crippen molar-refractivity contribution in [1.82, 2.24) is 4.98 Å². The van der Waals surface area contributed by atoms with Crippen LogP contribution in [0.25, 0.3) is 0 Å². The molecule has 0 atom stereocenters. The molecule has 0 saturated heterocycles. The van der Waals surface area contributed by atoms with Gasteiger partial charge in [-0.2, -0.15) is 0 Å². The van der Waals surface area contributed by atoms with Crippen molar-refractivity contribution in [2.75, 3.05) is 13.2 Å². The Morgan fingerprint density at radius 2 is 1.62 bits per heavy atom. The highest BCUT2D eigenvalue weighted by Gasteiger charge is 2.23. The Labute approximate surface area is 168 Å². The molecule has 1 N–H and O–H groups in total. The van der Waals surface area contributed by atoms with Crippen LogP contribution in [0.4, 0.5) is 0 Å². The Balaban J connectivity index is 2.58. The molecule has 0 spiro atoms. The predicted molar refractivity (Wildman–Crippen MR) is 111 cm³/mol. The first-order valence-electron chi connectivity index (χ1n) is 8.85. The van der Waals surface area contributed by atoms with Crippen LogP contribution >= 0.6 is 22.6 Å². The van der Waals surface area contributed by atoms with Gasteiger partial charge in [0.25, 0.3) is 5.56 Å². The highest BCUT2D eigenvalue weighted by Crippen LogP contribution is 2.34. The van der Waals surface area contributed by atoms with Gasteiger partial charge in [-0.05, 0) is 80.0 Å². The molecule has 0 saturated carbocycles. The highest BCUT2D eigenvalue weighted by molar-refractivity contribution is 14.1. The van der Waals surface area contributed by atoms with Gasteiger partial charge in [0.1, 0.15) is 9.32 Å². The summed E-state index contributed by atoms with van der Waals surface area (Å²) in [5, 5.41) is 0. The monoisotopic (exact) mass is 471 g/mol. The number of benzene rings is 1. The SMILES string of the molecule is CCOC(OCC)c1[nH]c(=O)c(I)c(Oc2cc(C)cc(C)c2)c1CC. The Bertz CT molecular complexity index is 790. The zero-order chi connectivity index (χ0) is 19.3. The molecule has 142 valence electrons. The summed E-state index contributed by atoms with van der Waals surface area (Å²) in [5.74, 6) is 1.29. The van der Waals surface area contributed by atoms with Crippen molar-refractivity contribution < 1.29 is 14.2 Å². The molecular weight excluding hydrogens is 445 g/mol. The van der Waals surface area contributed by atoms with Crippen molar-refractivity contribution in [2.24, 2.45) is 0 Å². The van der Waals surface area contributed by atoms with E-state index in [0.29, 0.717) is 34.6 Å². The number of aryl methyl sites for hydroxylation is 2. The van der Waals surface area contributed by atoms with Crippen LogP contribution < -0.4 is 10.3 Å². The van der Waals surface area contributed by atoms with Gasteiger partial charge < -0.3 is 19.2 Å². The summed E-state index contributed by atoms with van der Waals surface area (Å²) in [5.41, 5.74) is 3.53. The minimum absolute atomic E-state index is 0.207. The number of hydrogen-bond acceptors (Lipinski definition) is 4. The second kappa shape index (κ2) is 9.53. The fourth-order valence-corrected chi connectivity index (χ4v) is 3.47. The number of halogens is 1. The summed E-state index contributed by atoms with van der Waals surface area (Å²) in [6.45, 7) is 10.8. The van der Waals surface area contributed by atoms with Gasteiger partial charge >= 0.3 is 0 Å². The van der Waals surface area contributed by atoms with E-state index in [1.54, 1.807) is 0 Å². The maximum absolute atomic E-state index is 12.5. The van der Waals surface area contributed by atoms with Gasteiger partial charge in [0.05, 0.1) is 5.69 Å². The maximum atomic E-state index is 12.5. The third kappa shape index (κ3) is 4.86. The van der Waals surface area contributed by atoms with E-state index in [1.165, 1.54) is 0 Å². The number of hydrogen-bond donors (Lipinski definition) is 1. The van der Waals surface area contributed by atoms with Crippen LogP contribution in [-0.4, -0.2) is 18.2 Å². The Morgan fingerprint density at radius 3 is 2.12 bits per heavy atom. The second-order valence-electron chi connectivity index (χ2n) is 6.01. The molecule has 0 aliphatic carbocycles. The first kappa shape index (κ1) is 20.9. The van der Waals surface area contributed by atoms with Gasteiger partial charge in [0, 0.05) is 18.8 Å². The molecule has 0 unspecified atom stereocenters. The minimum Gasteiger partial charge on any atom is -0.456 e. The van der Waals surface area contributed by atoms with E-state index in [9.17, 15) is 4.79 Å². The van der Waals surface area contributed by atoms with Crippen molar-refractivity contribution in [3.05, 3.63) is 54.5 Å². The zero-order valence-corrected chi connectivity index (χ0v) is 18.1. The first-order chi connectivity index (χ1) is 12.4. The lowest BCUT2D eigenvalue weighted by molar-refractivity contribution is -0.143. The van der Waals surface area contributed by atoms with E-state index in [1.807, 2.05) is 69.3 Å². The van der Waals surface area contributed by atoms with Crippen molar-refractivity contribution in [3.8, 4) is 11.5 Å². The van der Waals surface area contributed by atoms with E-state index in [-0.39, 0.29) is 5.56 Å². The maximum Gasteiger partial charge on any atom is 0.265 e. The third-order valence-electron chi connectivity index (χ3n) is 3.89. The predicted octanol–water partition coefficient (Wildman–Crippen LogP) is 5.02.